The van der Waals surface area contributed by atoms with Crippen molar-refractivity contribution < 1.29 is 13.5 Å². The molecule has 0 spiro atoms. The normalized spacial score (nSPS) is 13.7. The Labute approximate surface area is 121 Å². The van der Waals surface area contributed by atoms with Crippen LogP contribution in [-0.2, 0) is 9.84 Å². The average molecular weight is 300 g/mol. The Bertz CT molecular complexity index is 500. The molecule has 0 aromatic heterocycles. The minimum atomic E-state index is -3.18. The Kier molecular flexibility index (Phi) is 6.61. The number of likely N-dealkylation sites (N-methyl/N-ethyl adjacent to an activating group) is 1. The van der Waals surface area contributed by atoms with Gasteiger partial charge in [0.05, 0.1) is 11.0 Å². The first-order valence-corrected chi connectivity index (χ1v) is 8.61. The zero-order valence-corrected chi connectivity index (χ0v) is 13.2. The van der Waals surface area contributed by atoms with Crippen LogP contribution in [0, 0.1) is 0 Å². The highest BCUT2D eigenvalue weighted by Crippen LogP contribution is 2.15. The lowest BCUT2D eigenvalue weighted by Crippen LogP contribution is -2.31. The van der Waals surface area contributed by atoms with Gasteiger partial charge in [-0.15, -0.1) is 0 Å². The van der Waals surface area contributed by atoms with Crippen LogP contribution in [0.15, 0.2) is 29.2 Å². The summed E-state index contributed by atoms with van der Waals surface area (Å²) in [4.78, 5) is 2.45. The molecule has 1 aromatic rings. The Morgan fingerprint density at radius 3 is 2.40 bits per heavy atom. The lowest BCUT2D eigenvalue weighted by Gasteiger charge is -2.16. The number of nitrogens with zero attached hydrogens (tertiary/aromatic N) is 1. The lowest BCUT2D eigenvalue weighted by atomic mass is 10.1. The molecule has 1 atom stereocenters. The van der Waals surface area contributed by atoms with Crippen LogP contribution in [0.3, 0.4) is 0 Å². The van der Waals surface area contributed by atoms with Crippen molar-refractivity contribution >= 4 is 9.84 Å². The molecule has 5 nitrogen and oxygen atoms in total. The van der Waals surface area contributed by atoms with E-state index in [1.807, 2.05) is 7.05 Å². The largest absolute Gasteiger partial charge is 0.387 e. The smallest absolute Gasteiger partial charge is 0.175 e. The molecule has 20 heavy (non-hydrogen) atoms. The molecular weight excluding hydrogens is 276 g/mol. The maximum atomic E-state index is 11.3. The van der Waals surface area contributed by atoms with E-state index in [9.17, 15) is 13.5 Å². The molecule has 0 amide bonds. The van der Waals surface area contributed by atoms with E-state index in [2.05, 4.69) is 17.1 Å². The Hall–Kier alpha value is -0.950. The topological polar surface area (TPSA) is 69.6 Å². The summed E-state index contributed by atoms with van der Waals surface area (Å²) >= 11 is 0. The third-order valence-electron chi connectivity index (χ3n) is 3.24. The summed E-state index contributed by atoms with van der Waals surface area (Å²) in [5.74, 6) is 0. The number of rotatable bonds is 8. The van der Waals surface area contributed by atoms with Crippen molar-refractivity contribution in [2.75, 3.05) is 39.5 Å². The number of nitrogens with one attached hydrogen (secondary N) is 1. The van der Waals surface area contributed by atoms with Gasteiger partial charge in [-0.1, -0.05) is 19.1 Å². The highest BCUT2D eigenvalue weighted by Gasteiger charge is 2.10. The van der Waals surface area contributed by atoms with E-state index in [4.69, 9.17) is 0 Å². The zero-order valence-electron chi connectivity index (χ0n) is 12.3. The van der Waals surface area contributed by atoms with Gasteiger partial charge in [0.1, 0.15) is 0 Å². The molecule has 0 aliphatic heterocycles. The standard InChI is InChI=1S/C14H24N2O3S/c1-4-16(2)10-9-15-11-14(17)12-5-7-13(8-6-12)20(3,18)19/h5-8,14-15,17H,4,9-11H2,1-3H3. The first-order chi connectivity index (χ1) is 9.34. The second-order valence-electron chi connectivity index (χ2n) is 4.96. The summed E-state index contributed by atoms with van der Waals surface area (Å²) in [7, 11) is -1.14. The predicted molar refractivity (Wildman–Crippen MR) is 80.6 cm³/mol. The SMILES string of the molecule is CCN(C)CCNCC(O)c1ccc(S(C)(=O)=O)cc1. The number of hydrogen-bond acceptors (Lipinski definition) is 5. The van der Waals surface area contributed by atoms with Gasteiger partial charge in [-0.2, -0.15) is 0 Å². The molecule has 1 unspecified atom stereocenters. The van der Waals surface area contributed by atoms with Crippen molar-refractivity contribution in [1.82, 2.24) is 10.2 Å². The van der Waals surface area contributed by atoms with E-state index in [1.54, 1.807) is 12.1 Å². The number of aliphatic hydroxyl groups excluding tert-OH is 1. The van der Waals surface area contributed by atoms with E-state index in [-0.39, 0.29) is 4.90 Å². The molecule has 0 bridgehead atoms. The summed E-state index contributed by atoms with van der Waals surface area (Å²) in [5.41, 5.74) is 0.716. The first kappa shape index (κ1) is 17.1. The zero-order chi connectivity index (χ0) is 15.2. The molecule has 0 saturated carbocycles. The van der Waals surface area contributed by atoms with Crippen LogP contribution in [0.25, 0.3) is 0 Å². The fourth-order valence-corrected chi connectivity index (χ4v) is 2.35. The summed E-state index contributed by atoms with van der Waals surface area (Å²) in [6, 6.07) is 6.36. The van der Waals surface area contributed by atoms with Gasteiger partial charge >= 0.3 is 0 Å². The molecule has 0 aliphatic carbocycles. The summed E-state index contributed by atoms with van der Waals surface area (Å²) in [6.07, 6.45) is 0.542. The molecule has 0 fully saturated rings. The van der Waals surface area contributed by atoms with E-state index < -0.39 is 15.9 Å². The maximum absolute atomic E-state index is 11.3. The van der Waals surface area contributed by atoms with Crippen LogP contribution in [0.2, 0.25) is 0 Å². The van der Waals surface area contributed by atoms with Crippen molar-refractivity contribution in [2.45, 2.75) is 17.9 Å². The number of sulfone groups is 1. The van der Waals surface area contributed by atoms with E-state index in [0.717, 1.165) is 19.6 Å². The van der Waals surface area contributed by atoms with Crippen molar-refractivity contribution in [3.63, 3.8) is 0 Å². The Balaban J connectivity index is 2.46. The van der Waals surface area contributed by atoms with Crippen LogP contribution >= 0.6 is 0 Å². The van der Waals surface area contributed by atoms with Crippen LogP contribution in [0.1, 0.15) is 18.6 Å². The fourth-order valence-electron chi connectivity index (χ4n) is 1.72. The van der Waals surface area contributed by atoms with Gasteiger partial charge in [-0.3, -0.25) is 0 Å². The molecule has 0 heterocycles. The first-order valence-electron chi connectivity index (χ1n) is 6.72. The maximum Gasteiger partial charge on any atom is 0.175 e. The van der Waals surface area contributed by atoms with Crippen molar-refractivity contribution in [2.24, 2.45) is 0 Å². The molecule has 114 valence electrons. The summed E-state index contributed by atoms with van der Waals surface area (Å²) < 4.78 is 22.7. The summed E-state index contributed by atoms with van der Waals surface area (Å²) in [6.45, 7) is 5.28. The molecule has 0 aliphatic rings. The van der Waals surface area contributed by atoms with Crippen molar-refractivity contribution in [3.8, 4) is 0 Å². The Morgan fingerprint density at radius 2 is 1.90 bits per heavy atom. The molecule has 1 aromatic carbocycles. The van der Waals surface area contributed by atoms with Gasteiger partial charge in [0, 0.05) is 25.9 Å². The lowest BCUT2D eigenvalue weighted by molar-refractivity contribution is 0.173. The molecular formula is C14H24N2O3S. The third-order valence-corrected chi connectivity index (χ3v) is 4.37. The molecule has 1 rings (SSSR count). The average Bonchev–Trinajstić information content (AvgIpc) is 2.42. The molecule has 0 saturated heterocycles. The van der Waals surface area contributed by atoms with Gasteiger partial charge in [0.25, 0.3) is 0 Å². The highest BCUT2D eigenvalue weighted by molar-refractivity contribution is 7.90. The minimum absolute atomic E-state index is 0.269. The van der Waals surface area contributed by atoms with Gasteiger partial charge in [0.15, 0.2) is 9.84 Å². The van der Waals surface area contributed by atoms with Gasteiger partial charge in [-0.05, 0) is 31.3 Å². The second kappa shape index (κ2) is 7.73. The van der Waals surface area contributed by atoms with Crippen LogP contribution in [0.4, 0.5) is 0 Å². The van der Waals surface area contributed by atoms with Crippen molar-refractivity contribution in [1.29, 1.82) is 0 Å². The van der Waals surface area contributed by atoms with E-state index in [1.165, 1.54) is 18.4 Å². The van der Waals surface area contributed by atoms with Gasteiger partial charge < -0.3 is 15.3 Å². The van der Waals surface area contributed by atoms with Crippen molar-refractivity contribution in [3.05, 3.63) is 29.8 Å². The monoisotopic (exact) mass is 300 g/mol. The van der Waals surface area contributed by atoms with E-state index >= 15 is 0 Å². The summed E-state index contributed by atoms with van der Waals surface area (Å²) in [5, 5.41) is 13.2. The minimum Gasteiger partial charge on any atom is -0.387 e. The highest BCUT2D eigenvalue weighted by atomic mass is 32.2. The van der Waals surface area contributed by atoms with Crippen LogP contribution < -0.4 is 5.32 Å². The second-order valence-corrected chi connectivity index (χ2v) is 6.97. The predicted octanol–water partition coefficient (Wildman–Crippen LogP) is 0.665. The number of benzene rings is 1. The molecule has 6 heteroatoms. The van der Waals surface area contributed by atoms with Crippen LogP contribution in [-0.4, -0.2) is 57.9 Å². The quantitative estimate of drug-likeness (QED) is 0.691. The van der Waals surface area contributed by atoms with Gasteiger partial charge in [0.2, 0.25) is 0 Å². The third kappa shape index (κ3) is 5.58. The van der Waals surface area contributed by atoms with Crippen LogP contribution in [0.5, 0.6) is 0 Å². The van der Waals surface area contributed by atoms with E-state index in [0.29, 0.717) is 12.1 Å². The molecule has 0 radical (unpaired) electrons. The molecule has 2 N–H and O–H groups in total. The van der Waals surface area contributed by atoms with Gasteiger partial charge in [-0.25, -0.2) is 8.42 Å². The Morgan fingerprint density at radius 1 is 1.30 bits per heavy atom. The fraction of sp³-hybridized carbons (Fsp3) is 0.571. The number of hydrogen-bond donors (Lipinski definition) is 2. The number of aliphatic hydroxyl groups is 1.